The van der Waals surface area contributed by atoms with Gasteiger partial charge in [0.05, 0.1) is 25.7 Å². The summed E-state index contributed by atoms with van der Waals surface area (Å²) in [6.45, 7) is 3.04. The van der Waals surface area contributed by atoms with Crippen LogP contribution in [0.5, 0.6) is 0 Å². The van der Waals surface area contributed by atoms with E-state index < -0.39 is 36.0 Å². The van der Waals surface area contributed by atoms with E-state index in [2.05, 4.69) is 10.1 Å². The molecule has 110 valence electrons. The summed E-state index contributed by atoms with van der Waals surface area (Å²) in [4.78, 5) is 34.7. The molecule has 1 atom stereocenters. The average molecular weight is 276 g/mol. The molecule has 3 N–H and O–H groups in total. The number of ether oxygens (including phenoxy) is 1. The fourth-order valence-electron chi connectivity index (χ4n) is 1.36. The smallest absolute Gasteiger partial charge is 0.326 e. The molecule has 0 bridgehead atoms. The second kappa shape index (κ2) is 6.93. The van der Waals surface area contributed by atoms with Crippen molar-refractivity contribution in [2.24, 2.45) is 0 Å². The van der Waals surface area contributed by atoms with Crippen molar-refractivity contribution in [3.63, 3.8) is 0 Å². The van der Waals surface area contributed by atoms with Crippen molar-refractivity contribution in [1.29, 1.82) is 0 Å². The molecule has 2 amide bonds. The van der Waals surface area contributed by atoms with Gasteiger partial charge in [-0.2, -0.15) is 0 Å². The average Bonchev–Trinajstić information content (AvgIpc) is 2.25. The Morgan fingerprint density at radius 1 is 1.37 bits per heavy atom. The molecule has 0 aromatic rings. The van der Waals surface area contributed by atoms with Crippen molar-refractivity contribution >= 4 is 18.0 Å². The predicted octanol–water partition coefficient (Wildman–Crippen LogP) is -0.585. The van der Waals surface area contributed by atoms with Crippen molar-refractivity contribution in [3.8, 4) is 0 Å². The Morgan fingerprint density at radius 3 is 2.26 bits per heavy atom. The summed E-state index contributed by atoms with van der Waals surface area (Å²) in [5.41, 5.74) is -1.10. The highest BCUT2D eigenvalue weighted by molar-refractivity contribution is 5.86. The molecule has 8 nitrogen and oxygen atoms in total. The largest absolute Gasteiger partial charge is 0.480 e. The van der Waals surface area contributed by atoms with E-state index in [-0.39, 0.29) is 6.54 Å². The zero-order chi connectivity index (χ0) is 15.2. The summed E-state index contributed by atoms with van der Waals surface area (Å²) >= 11 is 0. The van der Waals surface area contributed by atoms with Crippen LogP contribution in [0.4, 0.5) is 4.79 Å². The second-order valence-corrected chi connectivity index (χ2v) is 4.79. The van der Waals surface area contributed by atoms with Gasteiger partial charge in [-0.25, -0.2) is 9.59 Å². The van der Waals surface area contributed by atoms with Crippen LogP contribution in [0.1, 0.15) is 20.3 Å². The number of rotatable bonds is 6. The molecule has 0 saturated heterocycles. The zero-order valence-electron chi connectivity index (χ0n) is 11.5. The first-order chi connectivity index (χ1) is 8.56. The van der Waals surface area contributed by atoms with Gasteiger partial charge in [-0.1, -0.05) is 0 Å². The molecule has 0 unspecified atom stereocenters. The summed E-state index contributed by atoms with van der Waals surface area (Å²) < 4.78 is 4.35. The maximum Gasteiger partial charge on any atom is 0.326 e. The first-order valence-electron chi connectivity index (χ1n) is 5.60. The Labute approximate surface area is 111 Å². The summed E-state index contributed by atoms with van der Waals surface area (Å²) in [7, 11) is 2.54. The number of amides is 2. The van der Waals surface area contributed by atoms with E-state index in [1.807, 2.05) is 0 Å². The van der Waals surface area contributed by atoms with Crippen molar-refractivity contribution in [2.75, 3.05) is 20.7 Å². The minimum Gasteiger partial charge on any atom is -0.480 e. The lowest BCUT2D eigenvalue weighted by Gasteiger charge is -2.26. The van der Waals surface area contributed by atoms with Crippen LogP contribution >= 0.6 is 0 Å². The van der Waals surface area contributed by atoms with Gasteiger partial charge in [0.1, 0.15) is 6.04 Å². The van der Waals surface area contributed by atoms with E-state index in [4.69, 9.17) is 5.11 Å². The topological polar surface area (TPSA) is 116 Å². The second-order valence-electron chi connectivity index (χ2n) is 4.79. The van der Waals surface area contributed by atoms with Crippen LogP contribution in [0.15, 0.2) is 0 Å². The van der Waals surface area contributed by atoms with E-state index in [1.165, 1.54) is 20.9 Å². The highest BCUT2D eigenvalue weighted by Gasteiger charge is 2.26. The molecule has 0 aromatic heterocycles. The van der Waals surface area contributed by atoms with Crippen LogP contribution in [0.3, 0.4) is 0 Å². The lowest BCUT2D eigenvalue weighted by Crippen LogP contribution is -2.50. The van der Waals surface area contributed by atoms with Crippen molar-refractivity contribution in [1.82, 2.24) is 10.2 Å². The number of esters is 1. The third-order valence-electron chi connectivity index (χ3n) is 2.17. The quantitative estimate of drug-likeness (QED) is 0.559. The number of carboxylic acid groups (broad SMARTS) is 1. The van der Waals surface area contributed by atoms with Crippen LogP contribution in [-0.4, -0.2) is 65.4 Å². The number of aliphatic hydroxyl groups is 1. The maximum absolute atomic E-state index is 11.7. The Hall–Kier alpha value is -1.83. The van der Waals surface area contributed by atoms with Gasteiger partial charge in [0.15, 0.2) is 0 Å². The van der Waals surface area contributed by atoms with Crippen LogP contribution in [0, 0.1) is 0 Å². The van der Waals surface area contributed by atoms with Gasteiger partial charge in [0, 0.05) is 7.05 Å². The third kappa shape index (κ3) is 7.24. The van der Waals surface area contributed by atoms with Gasteiger partial charge >= 0.3 is 18.0 Å². The van der Waals surface area contributed by atoms with E-state index >= 15 is 0 Å². The molecule has 0 fully saturated rings. The van der Waals surface area contributed by atoms with Crippen LogP contribution in [0.2, 0.25) is 0 Å². The molecule has 0 aliphatic carbocycles. The summed E-state index contributed by atoms with van der Waals surface area (Å²) in [6.07, 6.45) is -0.464. The molecule has 0 spiro atoms. The molecule has 0 rings (SSSR count). The summed E-state index contributed by atoms with van der Waals surface area (Å²) in [5.74, 6) is -2.08. The molecule has 0 heterocycles. The molecule has 0 aliphatic heterocycles. The molecule has 0 aliphatic rings. The highest BCUT2D eigenvalue weighted by atomic mass is 16.5. The summed E-state index contributed by atoms with van der Waals surface area (Å²) in [6, 6.07) is -2.07. The first-order valence-corrected chi connectivity index (χ1v) is 5.60. The number of hydrogen-bond acceptors (Lipinski definition) is 5. The number of methoxy groups -OCH3 is 1. The first kappa shape index (κ1) is 17.2. The number of urea groups is 1. The number of likely N-dealkylation sites (N-methyl/N-ethyl adjacent to an activating group) is 1. The standard InChI is InChI=1S/C11H20N2O6/c1-11(2,18)6-13(3)10(17)12-7(9(15)16)5-8(14)19-4/h7,18H,5-6H2,1-4H3,(H,12,17)(H,15,16)/t7-/m0/s1. The number of hydrogen-bond donors (Lipinski definition) is 3. The normalized spacial score (nSPS) is 12.5. The predicted molar refractivity (Wildman–Crippen MR) is 65.5 cm³/mol. The SMILES string of the molecule is COC(=O)C[C@H](NC(=O)N(C)CC(C)(C)O)C(=O)O. The lowest BCUT2D eigenvalue weighted by atomic mass is 10.1. The minimum absolute atomic E-state index is 0.0173. The molecular formula is C11H20N2O6. The number of nitrogens with one attached hydrogen (secondary N) is 1. The van der Waals surface area contributed by atoms with Crippen LogP contribution in [-0.2, 0) is 14.3 Å². The van der Waals surface area contributed by atoms with Crippen LogP contribution < -0.4 is 5.32 Å². The Bertz CT molecular complexity index is 350. The van der Waals surface area contributed by atoms with E-state index in [1.54, 1.807) is 0 Å². The van der Waals surface area contributed by atoms with Gasteiger partial charge in [-0.15, -0.1) is 0 Å². The van der Waals surface area contributed by atoms with Gasteiger partial charge < -0.3 is 25.2 Å². The number of aliphatic carboxylic acids is 1. The third-order valence-corrected chi connectivity index (χ3v) is 2.17. The molecular weight excluding hydrogens is 256 g/mol. The van der Waals surface area contributed by atoms with Gasteiger partial charge in [0.2, 0.25) is 0 Å². The maximum atomic E-state index is 11.7. The Balaban J connectivity index is 4.55. The van der Waals surface area contributed by atoms with Crippen molar-refractivity contribution < 1.29 is 29.3 Å². The van der Waals surface area contributed by atoms with Gasteiger partial charge in [0.25, 0.3) is 0 Å². The molecule has 19 heavy (non-hydrogen) atoms. The fraction of sp³-hybridized carbons (Fsp3) is 0.727. The van der Waals surface area contributed by atoms with Crippen LogP contribution in [0.25, 0.3) is 0 Å². The number of carbonyl (C=O) groups is 3. The molecule has 0 radical (unpaired) electrons. The Morgan fingerprint density at radius 2 is 1.89 bits per heavy atom. The Kier molecular flexibility index (Phi) is 6.26. The number of nitrogens with zero attached hydrogens (tertiary/aromatic N) is 1. The fourth-order valence-corrected chi connectivity index (χ4v) is 1.36. The van der Waals surface area contributed by atoms with E-state index in [0.29, 0.717) is 0 Å². The zero-order valence-corrected chi connectivity index (χ0v) is 11.5. The number of carbonyl (C=O) groups excluding carboxylic acids is 2. The lowest BCUT2D eigenvalue weighted by molar-refractivity contribution is -0.147. The molecule has 8 heteroatoms. The molecule has 0 saturated carbocycles. The van der Waals surface area contributed by atoms with Crippen molar-refractivity contribution in [3.05, 3.63) is 0 Å². The number of carboxylic acids is 1. The van der Waals surface area contributed by atoms with E-state index in [9.17, 15) is 19.5 Å². The van der Waals surface area contributed by atoms with Crippen molar-refractivity contribution in [2.45, 2.75) is 31.9 Å². The van der Waals surface area contributed by atoms with Gasteiger partial charge in [-0.3, -0.25) is 4.79 Å². The highest BCUT2D eigenvalue weighted by Crippen LogP contribution is 2.04. The summed E-state index contributed by atoms with van der Waals surface area (Å²) in [5, 5.41) is 20.6. The monoisotopic (exact) mass is 276 g/mol. The van der Waals surface area contributed by atoms with Gasteiger partial charge in [-0.05, 0) is 13.8 Å². The van der Waals surface area contributed by atoms with E-state index in [0.717, 1.165) is 12.0 Å². The minimum atomic E-state index is -1.37. The molecule has 0 aromatic carbocycles.